The molecule has 12 nitrogen and oxygen atoms in total. The molecule has 0 unspecified atom stereocenters. The quantitative estimate of drug-likeness (QED) is 0.246. The molecule has 0 saturated carbocycles. The Labute approximate surface area is 209 Å². The standard InChI is InChI=1S/C23H24N6O6S/c1-13(30)24-21-27-17(18(36-21)19(31)25-15-5-3-2-4-6-15)12-9-14-7-10-16(11-8-14)26-20(28-22(32)33)29-23(34)35/h2-8,10-11,20,26,28-29H,9,12H2,1H3,(H,25,31)(H,32,33)(H,34,35)(H,24,27,30)/p-2. The van der Waals surface area contributed by atoms with Crippen molar-refractivity contribution in [2.45, 2.75) is 26.1 Å². The van der Waals surface area contributed by atoms with E-state index < -0.39 is 18.5 Å². The van der Waals surface area contributed by atoms with E-state index in [0.29, 0.717) is 39.9 Å². The molecule has 3 aromatic rings. The van der Waals surface area contributed by atoms with Crippen LogP contribution in [0.25, 0.3) is 0 Å². The zero-order chi connectivity index (χ0) is 26.1. The first kappa shape index (κ1) is 26.0. The minimum Gasteiger partial charge on any atom is -0.530 e. The average Bonchev–Trinajstić information content (AvgIpc) is 3.20. The summed E-state index contributed by atoms with van der Waals surface area (Å²) in [5.74, 6) is -0.634. The lowest BCUT2D eigenvalue weighted by molar-refractivity contribution is -0.255. The highest BCUT2D eigenvalue weighted by molar-refractivity contribution is 7.17. The zero-order valence-electron chi connectivity index (χ0n) is 19.0. The lowest BCUT2D eigenvalue weighted by Gasteiger charge is -2.24. The molecule has 0 aliphatic carbocycles. The van der Waals surface area contributed by atoms with E-state index in [4.69, 9.17) is 0 Å². The molecule has 4 amide bonds. The Morgan fingerprint density at radius 3 is 2.08 bits per heavy atom. The molecule has 36 heavy (non-hydrogen) atoms. The third-order valence-electron chi connectivity index (χ3n) is 4.66. The van der Waals surface area contributed by atoms with E-state index in [-0.39, 0.29) is 11.8 Å². The van der Waals surface area contributed by atoms with Gasteiger partial charge in [0.25, 0.3) is 5.91 Å². The predicted octanol–water partition coefficient (Wildman–Crippen LogP) is 0.700. The van der Waals surface area contributed by atoms with Gasteiger partial charge in [0.05, 0.1) is 5.69 Å². The molecule has 188 valence electrons. The van der Waals surface area contributed by atoms with Gasteiger partial charge in [-0.2, -0.15) is 0 Å². The van der Waals surface area contributed by atoms with Gasteiger partial charge in [-0.3, -0.25) is 9.59 Å². The lowest BCUT2D eigenvalue weighted by atomic mass is 10.1. The molecule has 13 heteroatoms. The summed E-state index contributed by atoms with van der Waals surface area (Å²) in [6.45, 7) is 1.36. The van der Waals surface area contributed by atoms with Crippen molar-refractivity contribution >= 4 is 51.8 Å². The maximum absolute atomic E-state index is 12.9. The van der Waals surface area contributed by atoms with E-state index >= 15 is 0 Å². The van der Waals surface area contributed by atoms with Crippen molar-refractivity contribution in [1.82, 2.24) is 15.6 Å². The molecule has 0 fully saturated rings. The van der Waals surface area contributed by atoms with Gasteiger partial charge in [-0.1, -0.05) is 41.7 Å². The second kappa shape index (κ2) is 12.2. The van der Waals surface area contributed by atoms with Crippen LogP contribution in [0.5, 0.6) is 0 Å². The molecular formula is C23H22N6O6S-2. The van der Waals surface area contributed by atoms with Gasteiger partial charge in [0.2, 0.25) is 5.91 Å². The van der Waals surface area contributed by atoms with Crippen LogP contribution in [0.15, 0.2) is 54.6 Å². The van der Waals surface area contributed by atoms with Crippen LogP contribution >= 0.6 is 11.3 Å². The fraction of sp³-hybridized carbons (Fsp3) is 0.174. The van der Waals surface area contributed by atoms with Crippen LogP contribution in [0, 0.1) is 0 Å². The van der Waals surface area contributed by atoms with Crippen molar-refractivity contribution in [3.8, 4) is 0 Å². The van der Waals surface area contributed by atoms with Gasteiger partial charge < -0.3 is 46.4 Å². The first-order chi connectivity index (χ1) is 17.2. The number of carbonyl (C=O) groups is 4. The number of carbonyl (C=O) groups excluding carboxylic acids is 4. The average molecular weight is 511 g/mol. The van der Waals surface area contributed by atoms with Gasteiger partial charge in [-0.15, -0.1) is 0 Å². The molecule has 0 radical (unpaired) electrons. The molecule has 0 bridgehead atoms. The van der Waals surface area contributed by atoms with Gasteiger partial charge in [0, 0.05) is 18.3 Å². The van der Waals surface area contributed by atoms with E-state index in [1.165, 1.54) is 6.92 Å². The Kier molecular flexibility index (Phi) is 8.78. The number of amides is 4. The maximum atomic E-state index is 12.9. The minimum atomic E-state index is -1.67. The Bertz CT molecular complexity index is 1220. The molecular weight excluding hydrogens is 488 g/mol. The van der Waals surface area contributed by atoms with Crippen LogP contribution in [-0.2, 0) is 17.6 Å². The molecule has 5 N–H and O–H groups in total. The number of rotatable bonds is 10. The van der Waals surface area contributed by atoms with E-state index in [1.54, 1.807) is 48.5 Å². The minimum absolute atomic E-state index is 0.298. The molecule has 0 saturated heterocycles. The summed E-state index contributed by atoms with van der Waals surface area (Å²) < 4.78 is 0. The predicted molar refractivity (Wildman–Crippen MR) is 129 cm³/mol. The number of aryl methyl sites for hydroxylation is 2. The van der Waals surface area contributed by atoms with Crippen LogP contribution in [0.3, 0.4) is 0 Å². The van der Waals surface area contributed by atoms with Crippen molar-refractivity contribution in [1.29, 1.82) is 0 Å². The molecule has 2 aromatic carbocycles. The molecule has 0 atom stereocenters. The molecule has 0 aliphatic heterocycles. The molecule has 1 aromatic heterocycles. The third kappa shape index (κ3) is 7.99. The normalized spacial score (nSPS) is 10.4. The summed E-state index contributed by atoms with van der Waals surface area (Å²) in [7, 11) is 0. The number of para-hydroxylation sites is 1. The van der Waals surface area contributed by atoms with Crippen LogP contribution in [0.1, 0.15) is 27.9 Å². The second-order valence-electron chi connectivity index (χ2n) is 7.43. The van der Waals surface area contributed by atoms with E-state index in [0.717, 1.165) is 16.9 Å². The third-order valence-corrected chi connectivity index (χ3v) is 5.67. The summed E-state index contributed by atoms with van der Waals surface area (Å²) in [5, 5.41) is 33.6. The van der Waals surface area contributed by atoms with Crippen LogP contribution in [-0.4, -0.2) is 35.3 Å². The SMILES string of the molecule is CC(=O)Nc1nc(CCc2ccc(NC(NC(=O)[O-])NC(=O)[O-])cc2)c(C(=O)Nc2ccccc2)s1. The largest absolute Gasteiger partial charge is 0.530 e. The number of aromatic nitrogens is 1. The number of hydrogen-bond donors (Lipinski definition) is 5. The summed E-state index contributed by atoms with van der Waals surface area (Å²) in [4.78, 5) is 50.6. The first-order valence-corrected chi connectivity index (χ1v) is 11.5. The molecule has 0 spiro atoms. The Morgan fingerprint density at radius 2 is 1.50 bits per heavy atom. The van der Waals surface area contributed by atoms with Crippen molar-refractivity contribution in [2.24, 2.45) is 0 Å². The number of benzene rings is 2. The number of nitrogens with one attached hydrogen (secondary N) is 5. The number of carboxylic acid groups (broad SMARTS) is 2. The summed E-state index contributed by atoms with van der Waals surface area (Å²) in [5.41, 5.74) is 2.46. The van der Waals surface area contributed by atoms with Gasteiger partial charge in [0.1, 0.15) is 17.1 Å². The van der Waals surface area contributed by atoms with Gasteiger partial charge in [-0.25, -0.2) is 4.98 Å². The summed E-state index contributed by atoms with van der Waals surface area (Å²) in [6, 6.07) is 15.7. The molecule has 0 aliphatic rings. The number of nitrogens with zero attached hydrogens (tertiary/aromatic N) is 1. The Hall–Kier alpha value is -4.65. The summed E-state index contributed by atoms with van der Waals surface area (Å²) >= 11 is 1.08. The van der Waals surface area contributed by atoms with Crippen molar-refractivity contribution in [2.75, 3.05) is 16.0 Å². The topological polar surface area (TPSA) is 187 Å². The van der Waals surface area contributed by atoms with Crippen LogP contribution in [0.2, 0.25) is 0 Å². The molecule has 1 heterocycles. The lowest BCUT2D eigenvalue weighted by Crippen LogP contribution is -2.58. The van der Waals surface area contributed by atoms with E-state index in [2.05, 4.69) is 20.9 Å². The highest BCUT2D eigenvalue weighted by Gasteiger charge is 2.19. The van der Waals surface area contributed by atoms with Crippen molar-refractivity contribution < 1.29 is 29.4 Å². The maximum Gasteiger partial charge on any atom is 0.267 e. The monoisotopic (exact) mass is 510 g/mol. The fourth-order valence-electron chi connectivity index (χ4n) is 3.15. The Balaban J connectivity index is 1.69. The number of anilines is 3. The smallest absolute Gasteiger partial charge is 0.267 e. The van der Waals surface area contributed by atoms with Crippen LogP contribution < -0.4 is 36.8 Å². The van der Waals surface area contributed by atoms with Crippen molar-refractivity contribution in [3.63, 3.8) is 0 Å². The summed E-state index contributed by atoms with van der Waals surface area (Å²) in [6.07, 6.45) is -3.80. The van der Waals surface area contributed by atoms with Gasteiger partial charge in [0.15, 0.2) is 11.4 Å². The first-order valence-electron chi connectivity index (χ1n) is 10.6. The fourth-order valence-corrected chi connectivity index (χ4v) is 4.11. The highest BCUT2D eigenvalue weighted by atomic mass is 32.1. The Morgan fingerprint density at radius 1 is 0.861 bits per heavy atom. The second-order valence-corrected chi connectivity index (χ2v) is 8.43. The number of hydrogen-bond acceptors (Lipinski definition) is 9. The van der Waals surface area contributed by atoms with Gasteiger partial charge in [-0.05, 0) is 42.7 Å². The van der Waals surface area contributed by atoms with E-state index in [9.17, 15) is 29.4 Å². The van der Waals surface area contributed by atoms with Crippen molar-refractivity contribution in [3.05, 3.63) is 70.7 Å². The van der Waals surface area contributed by atoms with Crippen LogP contribution in [0.4, 0.5) is 26.1 Å². The zero-order valence-corrected chi connectivity index (χ0v) is 19.8. The molecule has 3 rings (SSSR count). The van der Waals surface area contributed by atoms with E-state index in [1.807, 2.05) is 16.7 Å². The number of thiazole rings is 1. The van der Waals surface area contributed by atoms with Gasteiger partial charge >= 0.3 is 0 Å². The highest BCUT2D eigenvalue weighted by Crippen LogP contribution is 2.26.